The summed E-state index contributed by atoms with van der Waals surface area (Å²) in [5.41, 5.74) is 2.43. The van der Waals surface area contributed by atoms with Crippen molar-refractivity contribution in [3.8, 4) is 11.6 Å². The molecule has 7 heteroatoms. The summed E-state index contributed by atoms with van der Waals surface area (Å²) in [7, 11) is 0. The molecule has 0 bridgehead atoms. The highest BCUT2D eigenvalue weighted by Crippen LogP contribution is 2.19. The minimum atomic E-state index is -0.137. The van der Waals surface area contributed by atoms with Crippen LogP contribution < -0.4 is 10.1 Å². The Hall–Kier alpha value is -2.80. The molecule has 0 saturated heterocycles. The summed E-state index contributed by atoms with van der Waals surface area (Å²) in [4.78, 5) is 21.0. The van der Waals surface area contributed by atoms with Crippen LogP contribution in [0.2, 0.25) is 0 Å². The van der Waals surface area contributed by atoms with Gasteiger partial charge in [-0.2, -0.15) is 0 Å². The number of thioether (sulfide) groups is 1. The molecule has 140 valence electrons. The Morgan fingerprint density at radius 3 is 2.74 bits per heavy atom. The van der Waals surface area contributed by atoms with Crippen LogP contribution in [0.25, 0.3) is 5.69 Å². The van der Waals surface area contributed by atoms with Crippen molar-refractivity contribution < 1.29 is 9.53 Å². The van der Waals surface area contributed by atoms with Crippen molar-refractivity contribution in [2.24, 2.45) is 0 Å². The van der Waals surface area contributed by atoms with Crippen LogP contribution in [-0.2, 0) is 6.54 Å². The molecule has 3 aromatic rings. The number of hydrogen-bond acceptors (Lipinski definition) is 5. The molecule has 0 aliphatic heterocycles. The van der Waals surface area contributed by atoms with Crippen LogP contribution in [-0.4, -0.2) is 33.3 Å². The lowest BCUT2D eigenvalue weighted by Crippen LogP contribution is -2.23. The molecule has 0 fully saturated rings. The van der Waals surface area contributed by atoms with E-state index in [0.717, 1.165) is 22.8 Å². The van der Waals surface area contributed by atoms with Crippen molar-refractivity contribution in [3.63, 3.8) is 0 Å². The van der Waals surface area contributed by atoms with Gasteiger partial charge in [-0.05, 0) is 43.0 Å². The third-order valence-corrected chi connectivity index (χ3v) is 4.60. The minimum absolute atomic E-state index is 0.137. The molecule has 2 heterocycles. The number of hydrogen-bond donors (Lipinski definition) is 1. The van der Waals surface area contributed by atoms with E-state index in [-0.39, 0.29) is 5.91 Å². The van der Waals surface area contributed by atoms with Crippen LogP contribution in [0.4, 0.5) is 0 Å². The number of ether oxygens (including phenoxy) is 1. The summed E-state index contributed by atoms with van der Waals surface area (Å²) in [6.07, 6.45) is 8.25. The van der Waals surface area contributed by atoms with Gasteiger partial charge in [0.15, 0.2) is 5.16 Å². The number of carbonyl (C=O) groups excluding carboxylic acids is 1. The second kappa shape index (κ2) is 9.23. The smallest absolute Gasteiger partial charge is 0.251 e. The van der Waals surface area contributed by atoms with Gasteiger partial charge in [0.1, 0.15) is 0 Å². The zero-order chi connectivity index (χ0) is 19.1. The summed E-state index contributed by atoms with van der Waals surface area (Å²) in [5, 5.41) is 3.83. The van der Waals surface area contributed by atoms with Crippen LogP contribution in [0.3, 0.4) is 0 Å². The molecule has 2 aromatic heterocycles. The molecular formula is C20H22N4O2S. The Bertz CT molecular complexity index is 893. The molecule has 6 nitrogen and oxygen atoms in total. The van der Waals surface area contributed by atoms with E-state index < -0.39 is 0 Å². The van der Waals surface area contributed by atoms with Crippen molar-refractivity contribution in [2.45, 2.75) is 25.0 Å². The fourth-order valence-electron chi connectivity index (χ4n) is 2.58. The van der Waals surface area contributed by atoms with Gasteiger partial charge in [0.2, 0.25) is 5.88 Å². The van der Waals surface area contributed by atoms with Crippen LogP contribution in [0.15, 0.2) is 60.1 Å². The topological polar surface area (TPSA) is 69.0 Å². The average Bonchev–Trinajstić information content (AvgIpc) is 3.20. The van der Waals surface area contributed by atoms with Gasteiger partial charge in [-0.1, -0.05) is 24.8 Å². The number of rotatable bonds is 8. The molecule has 1 N–H and O–H groups in total. The average molecular weight is 382 g/mol. The zero-order valence-corrected chi connectivity index (χ0v) is 16.2. The Morgan fingerprint density at radius 1 is 1.19 bits per heavy atom. The van der Waals surface area contributed by atoms with E-state index in [2.05, 4.69) is 15.3 Å². The molecule has 0 aliphatic rings. The number of nitrogens with zero attached hydrogens (tertiary/aromatic N) is 3. The fourth-order valence-corrected chi connectivity index (χ4v) is 3.10. The Balaban J connectivity index is 1.65. The predicted molar refractivity (Wildman–Crippen MR) is 107 cm³/mol. The highest BCUT2D eigenvalue weighted by molar-refractivity contribution is 7.98. The first-order valence-electron chi connectivity index (χ1n) is 8.75. The van der Waals surface area contributed by atoms with Crippen LogP contribution in [0, 0.1) is 0 Å². The first-order chi connectivity index (χ1) is 13.2. The van der Waals surface area contributed by atoms with Gasteiger partial charge in [-0.3, -0.25) is 9.36 Å². The number of pyridine rings is 1. The SMILES string of the molecule is CCCOc1ncccc1CNC(=O)c1ccc(-n2ccnc2SC)cc1. The number of imidazole rings is 1. The summed E-state index contributed by atoms with van der Waals surface area (Å²) in [6, 6.07) is 11.2. The summed E-state index contributed by atoms with van der Waals surface area (Å²) in [5.74, 6) is 0.433. The maximum atomic E-state index is 12.5. The van der Waals surface area contributed by atoms with Crippen molar-refractivity contribution in [1.29, 1.82) is 0 Å². The van der Waals surface area contributed by atoms with E-state index in [1.807, 2.05) is 60.3 Å². The Labute approximate surface area is 163 Å². The van der Waals surface area contributed by atoms with Crippen LogP contribution in [0.1, 0.15) is 29.3 Å². The first-order valence-corrected chi connectivity index (χ1v) is 9.98. The standard InChI is InChI=1S/C20H22N4O2S/c1-3-13-26-19-16(5-4-10-21-19)14-23-18(25)15-6-8-17(9-7-15)24-12-11-22-20(24)27-2/h4-12H,3,13-14H2,1-2H3,(H,23,25). The molecule has 0 atom stereocenters. The molecule has 1 aromatic carbocycles. The normalized spacial score (nSPS) is 10.6. The van der Waals surface area contributed by atoms with Gasteiger partial charge in [0.25, 0.3) is 5.91 Å². The second-order valence-corrected chi connectivity index (χ2v) is 6.60. The lowest BCUT2D eigenvalue weighted by atomic mass is 10.2. The van der Waals surface area contributed by atoms with Crippen LogP contribution >= 0.6 is 11.8 Å². The zero-order valence-electron chi connectivity index (χ0n) is 15.4. The van der Waals surface area contributed by atoms with E-state index in [9.17, 15) is 4.79 Å². The molecule has 27 heavy (non-hydrogen) atoms. The number of carbonyl (C=O) groups is 1. The van der Waals surface area contributed by atoms with Crippen molar-refractivity contribution in [2.75, 3.05) is 12.9 Å². The molecule has 0 saturated carbocycles. The number of aromatic nitrogens is 3. The van der Waals surface area contributed by atoms with Gasteiger partial charge >= 0.3 is 0 Å². The summed E-state index contributed by atoms with van der Waals surface area (Å²) < 4.78 is 7.62. The first kappa shape index (κ1) is 19.0. The van der Waals surface area contributed by atoms with Gasteiger partial charge in [-0.25, -0.2) is 9.97 Å². The summed E-state index contributed by atoms with van der Waals surface area (Å²) >= 11 is 1.57. The van der Waals surface area contributed by atoms with Gasteiger partial charge < -0.3 is 10.1 Å². The van der Waals surface area contributed by atoms with Crippen LogP contribution in [0.5, 0.6) is 5.88 Å². The maximum absolute atomic E-state index is 12.5. The van der Waals surface area contributed by atoms with E-state index in [1.54, 1.807) is 24.2 Å². The van der Waals surface area contributed by atoms with Gasteiger partial charge in [0.05, 0.1) is 6.61 Å². The molecule has 0 aliphatic carbocycles. The number of nitrogens with one attached hydrogen (secondary N) is 1. The summed E-state index contributed by atoms with van der Waals surface area (Å²) in [6.45, 7) is 3.01. The van der Waals surface area contributed by atoms with Crippen molar-refractivity contribution in [3.05, 3.63) is 66.1 Å². The largest absolute Gasteiger partial charge is 0.477 e. The second-order valence-electron chi connectivity index (χ2n) is 5.83. The lowest BCUT2D eigenvalue weighted by Gasteiger charge is -2.11. The van der Waals surface area contributed by atoms with E-state index in [1.165, 1.54) is 0 Å². The monoisotopic (exact) mass is 382 g/mol. The number of benzene rings is 1. The lowest BCUT2D eigenvalue weighted by molar-refractivity contribution is 0.0950. The molecule has 0 spiro atoms. The quantitative estimate of drug-likeness (QED) is 0.602. The fraction of sp³-hybridized carbons (Fsp3) is 0.250. The van der Waals surface area contributed by atoms with Gasteiger partial charge in [-0.15, -0.1) is 0 Å². The third-order valence-electron chi connectivity index (χ3n) is 3.93. The van der Waals surface area contributed by atoms with E-state index in [0.29, 0.717) is 24.6 Å². The third kappa shape index (κ3) is 4.68. The maximum Gasteiger partial charge on any atom is 0.251 e. The van der Waals surface area contributed by atoms with Crippen molar-refractivity contribution >= 4 is 17.7 Å². The Morgan fingerprint density at radius 2 is 2.00 bits per heavy atom. The van der Waals surface area contributed by atoms with Crippen molar-refractivity contribution in [1.82, 2.24) is 19.9 Å². The predicted octanol–water partition coefficient (Wildman–Crippen LogP) is 3.71. The molecule has 0 unspecified atom stereocenters. The molecular weight excluding hydrogens is 360 g/mol. The van der Waals surface area contributed by atoms with Gasteiger partial charge in [0, 0.05) is 41.9 Å². The number of amides is 1. The minimum Gasteiger partial charge on any atom is -0.477 e. The highest BCUT2D eigenvalue weighted by Gasteiger charge is 2.10. The highest BCUT2D eigenvalue weighted by atomic mass is 32.2. The molecule has 3 rings (SSSR count). The Kier molecular flexibility index (Phi) is 6.49. The van der Waals surface area contributed by atoms with E-state index in [4.69, 9.17) is 4.74 Å². The van der Waals surface area contributed by atoms with E-state index >= 15 is 0 Å². The molecule has 1 amide bonds. The molecule has 0 radical (unpaired) electrons.